The summed E-state index contributed by atoms with van der Waals surface area (Å²) in [4.78, 5) is 24.8. The number of halogens is 1. The number of piperazine rings is 1. The van der Waals surface area contributed by atoms with Crippen molar-refractivity contribution in [3.63, 3.8) is 0 Å². The second kappa shape index (κ2) is 5.27. The predicted octanol–water partition coefficient (Wildman–Crippen LogP) is 0.827. The summed E-state index contributed by atoms with van der Waals surface area (Å²) in [6, 6.07) is 4.90. The number of rotatable bonds is 2. The molecule has 0 aromatic heterocycles. The van der Waals surface area contributed by atoms with Crippen molar-refractivity contribution in [1.82, 2.24) is 10.2 Å². The molecule has 1 aliphatic rings. The van der Waals surface area contributed by atoms with Gasteiger partial charge in [0.1, 0.15) is 12.1 Å². The van der Waals surface area contributed by atoms with Gasteiger partial charge < -0.3 is 15.0 Å². The lowest BCUT2D eigenvalue weighted by molar-refractivity contribution is -0.111. The maximum absolute atomic E-state index is 12.8. The summed E-state index contributed by atoms with van der Waals surface area (Å²) in [5, 5.41) is 3.04. The molecule has 1 saturated heterocycles. The molecule has 0 spiro atoms. The fourth-order valence-corrected chi connectivity index (χ4v) is 2.13. The lowest BCUT2D eigenvalue weighted by Gasteiger charge is -2.37. The fourth-order valence-electron chi connectivity index (χ4n) is 2.13. The molecule has 1 N–H and O–H groups in total. The van der Waals surface area contributed by atoms with E-state index in [1.807, 2.05) is 6.92 Å². The van der Waals surface area contributed by atoms with Crippen molar-refractivity contribution in [1.29, 1.82) is 0 Å². The number of benzene rings is 1. The van der Waals surface area contributed by atoms with E-state index in [9.17, 15) is 14.0 Å². The van der Waals surface area contributed by atoms with Crippen LogP contribution in [0.4, 0.5) is 4.39 Å². The number of aldehydes is 1. The standard InChI is InChI=1S/C13H15FN2O2/c1-9-12(8-17)15-6-7-16(9)13(18)10-2-4-11(14)5-3-10/h2-5,8-9,12,15H,6-7H2,1H3/t9-,12?/m1/s1. The highest BCUT2D eigenvalue weighted by atomic mass is 19.1. The van der Waals surface area contributed by atoms with E-state index in [0.717, 1.165) is 6.29 Å². The van der Waals surface area contributed by atoms with E-state index in [-0.39, 0.29) is 23.8 Å². The number of carbonyl (C=O) groups excluding carboxylic acids is 2. The van der Waals surface area contributed by atoms with Crippen molar-refractivity contribution in [2.75, 3.05) is 13.1 Å². The molecule has 0 bridgehead atoms. The zero-order valence-electron chi connectivity index (χ0n) is 10.1. The van der Waals surface area contributed by atoms with Crippen molar-refractivity contribution >= 4 is 12.2 Å². The van der Waals surface area contributed by atoms with Crippen LogP contribution in [0.1, 0.15) is 17.3 Å². The van der Waals surface area contributed by atoms with Gasteiger partial charge in [0, 0.05) is 18.7 Å². The zero-order chi connectivity index (χ0) is 13.1. The van der Waals surface area contributed by atoms with Gasteiger partial charge in [-0.05, 0) is 31.2 Å². The van der Waals surface area contributed by atoms with E-state index in [0.29, 0.717) is 18.7 Å². The highest BCUT2D eigenvalue weighted by molar-refractivity contribution is 5.94. The van der Waals surface area contributed by atoms with Crippen molar-refractivity contribution in [2.45, 2.75) is 19.0 Å². The monoisotopic (exact) mass is 250 g/mol. The highest BCUT2D eigenvalue weighted by Gasteiger charge is 2.30. The smallest absolute Gasteiger partial charge is 0.254 e. The second-order valence-corrected chi connectivity index (χ2v) is 4.36. The highest BCUT2D eigenvalue weighted by Crippen LogP contribution is 2.13. The Labute approximate surface area is 105 Å². The molecule has 1 aromatic rings. The Balaban J connectivity index is 2.17. The molecule has 96 valence electrons. The molecule has 4 nitrogen and oxygen atoms in total. The van der Waals surface area contributed by atoms with Crippen LogP contribution in [-0.4, -0.2) is 42.3 Å². The molecule has 18 heavy (non-hydrogen) atoms. The summed E-state index contributed by atoms with van der Waals surface area (Å²) < 4.78 is 12.8. The molecular formula is C13H15FN2O2. The molecule has 1 fully saturated rings. The van der Waals surface area contributed by atoms with Crippen molar-refractivity contribution in [3.8, 4) is 0 Å². The van der Waals surface area contributed by atoms with Crippen LogP contribution in [0, 0.1) is 5.82 Å². The SMILES string of the molecule is C[C@@H]1C(C=O)NCCN1C(=O)c1ccc(F)cc1. The first kappa shape index (κ1) is 12.7. The van der Waals surface area contributed by atoms with E-state index < -0.39 is 0 Å². The Bertz CT molecular complexity index is 447. The van der Waals surface area contributed by atoms with Gasteiger partial charge in [0.15, 0.2) is 0 Å². The largest absolute Gasteiger partial charge is 0.333 e. The minimum absolute atomic E-state index is 0.171. The van der Waals surface area contributed by atoms with Gasteiger partial charge in [-0.25, -0.2) is 4.39 Å². The molecule has 1 aliphatic heterocycles. The number of nitrogens with one attached hydrogen (secondary N) is 1. The topological polar surface area (TPSA) is 49.4 Å². The number of hydrogen-bond donors (Lipinski definition) is 1. The maximum Gasteiger partial charge on any atom is 0.254 e. The first-order valence-electron chi connectivity index (χ1n) is 5.88. The average molecular weight is 250 g/mol. The van der Waals surface area contributed by atoms with E-state index in [1.54, 1.807) is 4.90 Å². The van der Waals surface area contributed by atoms with Crippen LogP contribution in [0.3, 0.4) is 0 Å². The number of amides is 1. The van der Waals surface area contributed by atoms with Crippen LogP contribution in [0.25, 0.3) is 0 Å². The van der Waals surface area contributed by atoms with Crippen molar-refractivity contribution < 1.29 is 14.0 Å². The van der Waals surface area contributed by atoms with Crippen LogP contribution in [0.5, 0.6) is 0 Å². The minimum Gasteiger partial charge on any atom is -0.333 e. The van der Waals surface area contributed by atoms with Crippen LogP contribution in [0.2, 0.25) is 0 Å². The molecule has 1 unspecified atom stereocenters. The summed E-state index contributed by atoms with van der Waals surface area (Å²) in [5.41, 5.74) is 0.440. The maximum atomic E-state index is 12.8. The Morgan fingerprint density at radius 3 is 2.72 bits per heavy atom. The molecule has 2 rings (SSSR count). The molecule has 1 aromatic carbocycles. The first-order chi connectivity index (χ1) is 8.63. The molecule has 5 heteroatoms. The van der Waals surface area contributed by atoms with Gasteiger partial charge in [-0.2, -0.15) is 0 Å². The predicted molar refractivity (Wildman–Crippen MR) is 64.8 cm³/mol. The van der Waals surface area contributed by atoms with Crippen molar-refractivity contribution in [3.05, 3.63) is 35.6 Å². The average Bonchev–Trinajstić information content (AvgIpc) is 2.39. The van der Waals surface area contributed by atoms with E-state index >= 15 is 0 Å². The van der Waals surface area contributed by atoms with Gasteiger partial charge >= 0.3 is 0 Å². The summed E-state index contributed by atoms with van der Waals surface area (Å²) in [6.45, 7) is 2.95. The quantitative estimate of drug-likeness (QED) is 0.791. The lowest BCUT2D eigenvalue weighted by atomic mass is 10.0. The molecule has 0 saturated carbocycles. The number of hydrogen-bond acceptors (Lipinski definition) is 3. The lowest BCUT2D eigenvalue weighted by Crippen LogP contribution is -2.59. The van der Waals surface area contributed by atoms with E-state index in [1.165, 1.54) is 24.3 Å². The Morgan fingerprint density at radius 2 is 2.11 bits per heavy atom. The van der Waals surface area contributed by atoms with E-state index in [4.69, 9.17) is 0 Å². The number of nitrogens with zero attached hydrogens (tertiary/aromatic N) is 1. The van der Waals surface area contributed by atoms with Crippen LogP contribution in [0.15, 0.2) is 24.3 Å². The van der Waals surface area contributed by atoms with Gasteiger partial charge in [0.05, 0.1) is 12.1 Å². The molecule has 0 radical (unpaired) electrons. The van der Waals surface area contributed by atoms with Gasteiger partial charge in [-0.3, -0.25) is 4.79 Å². The Kier molecular flexibility index (Phi) is 3.72. The third kappa shape index (κ3) is 2.41. The first-order valence-corrected chi connectivity index (χ1v) is 5.88. The van der Waals surface area contributed by atoms with Crippen molar-refractivity contribution in [2.24, 2.45) is 0 Å². The normalized spacial score (nSPS) is 23.8. The second-order valence-electron chi connectivity index (χ2n) is 4.36. The summed E-state index contributed by atoms with van der Waals surface area (Å²) in [7, 11) is 0. The van der Waals surface area contributed by atoms with Gasteiger partial charge in [0.25, 0.3) is 5.91 Å². The molecule has 2 atom stereocenters. The van der Waals surface area contributed by atoms with E-state index in [2.05, 4.69) is 5.32 Å². The fraction of sp³-hybridized carbons (Fsp3) is 0.385. The molecule has 0 aliphatic carbocycles. The molecule has 1 heterocycles. The molecule has 1 amide bonds. The summed E-state index contributed by atoms with van der Waals surface area (Å²) in [5.74, 6) is -0.540. The van der Waals surface area contributed by atoms with Crippen LogP contribution in [-0.2, 0) is 4.79 Å². The third-order valence-corrected chi connectivity index (χ3v) is 3.24. The number of carbonyl (C=O) groups is 2. The third-order valence-electron chi connectivity index (χ3n) is 3.24. The minimum atomic E-state index is -0.370. The van der Waals surface area contributed by atoms with Gasteiger partial charge in [-0.15, -0.1) is 0 Å². The Morgan fingerprint density at radius 1 is 1.44 bits per heavy atom. The molecular weight excluding hydrogens is 235 g/mol. The van der Waals surface area contributed by atoms with Gasteiger partial charge in [0.2, 0.25) is 0 Å². The summed E-state index contributed by atoms with van der Waals surface area (Å²) in [6.07, 6.45) is 0.814. The van der Waals surface area contributed by atoms with Gasteiger partial charge in [-0.1, -0.05) is 0 Å². The summed E-state index contributed by atoms with van der Waals surface area (Å²) >= 11 is 0. The zero-order valence-corrected chi connectivity index (χ0v) is 10.1. The van der Waals surface area contributed by atoms with Crippen LogP contribution >= 0.6 is 0 Å². The van der Waals surface area contributed by atoms with Crippen LogP contribution < -0.4 is 5.32 Å². The Hall–Kier alpha value is -1.75.